The number of carbonyl (C=O) groups is 1. The van der Waals surface area contributed by atoms with Gasteiger partial charge in [0, 0.05) is 0 Å². The van der Waals surface area contributed by atoms with E-state index in [-0.39, 0.29) is 23.6 Å². The molecule has 0 unspecified atom stereocenters. The molecule has 0 atom stereocenters. The minimum atomic E-state index is -2.99. The van der Waals surface area contributed by atoms with Gasteiger partial charge in [0.25, 0.3) is 0 Å². The van der Waals surface area contributed by atoms with Gasteiger partial charge in [-0.05, 0) is 25.5 Å². The van der Waals surface area contributed by atoms with Crippen molar-refractivity contribution < 1.29 is 23.0 Å². The fourth-order valence-electron chi connectivity index (χ4n) is 1.34. The molecule has 0 heterocycles. The topological polar surface area (TPSA) is 61.5 Å². The second-order valence-corrected chi connectivity index (χ2v) is 3.27. The maximum Gasteiger partial charge on any atom is 0.387 e. The molecule has 0 radical (unpaired) electrons. The third-order valence-corrected chi connectivity index (χ3v) is 2.10. The molecular weight excluding hydrogens is 232 g/mol. The molecule has 94 valence electrons. The molecule has 0 aromatic heterocycles. The third-order valence-electron chi connectivity index (χ3n) is 2.10. The van der Waals surface area contributed by atoms with Crippen LogP contribution in [0.15, 0.2) is 12.1 Å². The molecule has 0 spiro atoms. The second-order valence-electron chi connectivity index (χ2n) is 3.27. The summed E-state index contributed by atoms with van der Waals surface area (Å²) in [5, 5.41) is 0. The van der Waals surface area contributed by atoms with E-state index >= 15 is 0 Å². The number of aryl methyl sites for hydroxylation is 1. The number of alkyl halides is 2. The van der Waals surface area contributed by atoms with Gasteiger partial charge in [0.05, 0.1) is 17.9 Å². The number of ether oxygens (including phenoxy) is 2. The lowest BCUT2D eigenvalue weighted by molar-refractivity contribution is -0.0498. The van der Waals surface area contributed by atoms with Crippen LogP contribution in [0.4, 0.5) is 14.5 Å². The number of rotatable bonds is 4. The van der Waals surface area contributed by atoms with Crippen LogP contribution in [0, 0.1) is 6.92 Å². The lowest BCUT2D eigenvalue weighted by Crippen LogP contribution is -2.12. The largest absolute Gasteiger partial charge is 0.462 e. The number of nitrogen functional groups attached to an aromatic ring is 1. The molecule has 1 aromatic rings. The fourth-order valence-corrected chi connectivity index (χ4v) is 1.34. The van der Waals surface area contributed by atoms with Crippen LogP contribution in [0.25, 0.3) is 0 Å². The van der Waals surface area contributed by atoms with Crippen LogP contribution in [0.3, 0.4) is 0 Å². The molecule has 0 aliphatic heterocycles. The van der Waals surface area contributed by atoms with Crippen molar-refractivity contribution in [3.8, 4) is 5.75 Å². The van der Waals surface area contributed by atoms with Crippen molar-refractivity contribution in [1.82, 2.24) is 0 Å². The second kappa shape index (κ2) is 5.47. The van der Waals surface area contributed by atoms with Crippen LogP contribution in [-0.2, 0) is 4.74 Å². The molecule has 6 heteroatoms. The highest BCUT2D eigenvalue weighted by atomic mass is 19.3. The summed E-state index contributed by atoms with van der Waals surface area (Å²) in [5.41, 5.74) is 5.92. The number of carbonyl (C=O) groups excluding carboxylic acids is 1. The van der Waals surface area contributed by atoms with Crippen molar-refractivity contribution in [3.05, 3.63) is 23.3 Å². The highest BCUT2D eigenvalue weighted by Crippen LogP contribution is 2.31. The van der Waals surface area contributed by atoms with Gasteiger partial charge in [0.2, 0.25) is 0 Å². The first-order valence-electron chi connectivity index (χ1n) is 4.98. The van der Waals surface area contributed by atoms with Gasteiger partial charge < -0.3 is 15.2 Å². The van der Waals surface area contributed by atoms with Crippen molar-refractivity contribution in [1.29, 1.82) is 0 Å². The van der Waals surface area contributed by atoms with Crippen molar-refractivity contribution in [2.45, 2.75) is 20.5 Å². The van der Waals surface area contributed by atoms with Crippen LogP contribution < -0.4 is 10.5 Å². The number of hydrogen-bond acceptors (Lipinski definition) is 4. The Hall–Kier alpha value is -1.85. The Balaban J connectivity index is 3.14. The monoisotopic (exact) mass is 245 g/mol. The summed E-state index contributed by atoms with van der Waals surface area (Å²) < 4.78 is 33.4. The summed E-state index contributed by atoms with van der Waals surface area (Å²) in [6, 6.07) is 2.89. The average molecular weight is 245 g/mol. The molecule has 0 fully saturated rings. The Morgan fingerprint density at radius 3 is 2.65 bits per heavy atom. The van der Waals surface area contributed by atoms with E-state index in [0.717, 1.165) is 0 Å². The van der Waals surface area contributed by atoms with E-state index in [1.807, 2.05) is 0 Å². The first-order chi connectivity index (χ1) is 7.97. The molecule has 1 rings (SSSR count). The van der Waals surface area contributed by atoms with Crippen molar-refractivity contribution in [3.63, 3.8) is 0 Å². The maximum atomic E-state index is 12.2. The van der Waals surface area contributed by atoms with Crippen LogP contribution in [0.1, 0.15) is 22.8 Å². The van der Waals surface area contributed by atoms with E-state index in [0.29, 0.717) is 5.56 Å². The summed E-state index contributed by atoms with van der Waals surface area (Å²) in [7, 11) is 0. The van der Waals surface area contributed by atoms with Gasteiger partial charge in [-0.2, -0.15) is 8.78 Å². The molecule has 0 amide bonds. The molecule has 0 saturated carbocycles. The number of anilines is 1. The molecular formula is C11H13F2NO3. The number of nitrogens with two attached hydrogens (primary N) is 1. The molecule has 2 N–H and O–H groups in total. The van der Waals surface area contributed by atoms with E-state index in [2.05, 4.69) is 4.74 Å². The Labute approximate surface area is 97.3 Å². The third kappa shape index (κ3) is 3.05. The standard InChI is InChI=1S/C11H13F2NO3/c1-3-16-10(15)7-5-4-6(2)9(8(7)14)17-11(12)13/h4-5,11H,3,14H2,1-2H3. The number of esters is 1. The summed E-state index contributed by atoms with van der Waals surface area (Å²) in [5.74, 6) is -0.852. The number of hydrogen-bond donors (Lipinski definition) is 1. The van der Waals surface area contributed by atoms with Crippen molar-refractivity contribution in [2.75, 3.05) is 12.3 Å². The predicted molar refractivity (Wildman–Crippen MR) is 58.2 cm³/mol. The van der Waals surface area contributed by atoms with Crippen LogP contribution in [-0.4, -0.2) is 19.2 Å². The summed E-state index contributed by atoms with van der Waals surface area (Å²) >= 11 is 0. The number of benzene rings is 1. The van der Waals surface area contributed by atoms with E-state index in [4.69, 9.17) is 10.5 Å². The Morgan fingerprint density at radius 1 is 1.47 bits per heavy atom. The van der Waals surface area contributed by atoms with Gasteiger partial charge in [-0.25, -0.2) is 4.79 Å². The van der Waals surface area contributed by atoms with Gasteiger partial charge in [-0.15, -0.1) is 0 Å². The van der Waals surface area contributed by atoms with E-state index in [1.54, 1.807) is 13.8 Å². The Morgan fingerprint density at radius 2 is 2.12 bits per heavy atom. The van der Waals surface area contributed by atoms with Crippen molar-refractivity contribution in [2.24, 2.45) is 0 Å². The highest BCUT2D eigenvalue weighted by molar-refractivity contribution is 5.96. The van der Waals surface area contributed by atoms with Gasteiger partial charge in [0.1, 0.15) is 0 Å². The van der Waals surface area contributed by atoms with E-state index < -0.39 is 12.6 Å². The van der Waals surface area contributed by atoms with Gasteiger partial charge in [0.15, 0.2) is 5.75 Å². The zero-order valence-electron chi connectivity index (χ0n) is 9.50. The maximum absolute atomic E-state index is 12.2. The van der Waals surface area contributed by atoms with Crippen LogP contribution in [0.5, 0.6) is 5.75 Å². The minimum absolute atomic E-state index is 0.0214. The molecule has 0 saturated heterocycles. The first-order valence-corrected chi connectivity index (χ1v) is 4.98. The number of halogens is 2. The van der Waals surface area contributed by atoms with E-state index in [9.17, 15) is 13.6 Å². The average Bonchev–Trinajstić information content (AvgIpc) is 2.24. The van der Waals surface area contributed by atoms with Gasteiger partial charge >= 0.3 is 12.6 Å². The molecule has 1 aromatic carbocycles. The summed E-state index contributed by atoms with van der Waals surface area (Å²) in [4.78, 5) is 11.5. The minimum Gasteiger partial charge on any atom is -0.462 e. The quantitative estimate of drug-likeness (QED) is 0.653. The highest BCUT2D eigenvalue weighted by Gasteiger charge is 2.18. The van der Waals surface area contributed by atoms with Crippen LogP contribution in [0.2, 0.25) is 0 Å². The lowest BCUT2D eigenvalue weighted by atomic mass is 10.1. The van der Waals surface area contributed by atoms with Gasteiger partial charge in [-0.1, -0.05) is 6.07 Å². The summed E-state index contributed by atoms with van der Waals surface area (Å²) in [6.45, 7) is 0.382. The zero-order chi connectivity index (χ0) is 13.0. The van der Waals surface area contributed by atoms with Crippen molar-refractivity contribution >= 4 is 11.7 Å². The molecule has 0 aliphatic rings. The Bertz CT molecular complexity index is 421. The molecule has 4 nitrogen and oxygen atoms in total. The first kappa shape index (κ1) is 13.2. The predicted octanol–water partition coefficient (Wildman–Crippen LogP) is 2.36. The smallest absolute Gasteiger partial charge is 0.387 e. The SMILES string of the molecule is CCOC(=O)c1ccc(C)c(OC(F)F)c1N. The molecule has 0 bridgehead atoms. The normalized spacial score (nSPS) is 10.4. The van der Waals surface area contributed by atoms with E-state index in [1.165, 1.54) is 12.1 Å². The zero-order valence-corrected chi connectivity index (χ0v) is 9.50. The molecule has 17 heavy (non-hydrogen) atoms. The lowest BCUT2D eigenvalue weighted by Gasteiger charge is -2.13. The van der Waals surface area contributed by atoms with Crippen LogP contribution >= 0.6 is 0 Å². The molecule has 0 aliphatic carbocycles. The Kier molecular flexibility index (Phi) is 4.25. The van der Waals surface area contributed by atoms with Gasteiger partial charge in [-0.3, -0.25) is 0 Å². The summed E-state index contributed by atoms with van der Waals surface area (Å²) in [6.07, 6.45) is 0. The fraction of sp³-hybridized carbons (Fsp3) is 0.364.